The highest BCUT2D eigenvalue weighted by molar-refractivity contribution is 5.80. The lowest BCUT2D eigenvalue weighted by molar-refractivity contribution is -0.131. The number of aromatic hydroxyl groups is 1. The molecule has 214 valence electrons. The third-order valence-corrected chi connectivity index (χ3v) is 8.09. The average molecular weight is 559 g/mol. The molecule has 11 heteroatoms. The fraction of sp³-hybridized carbons (Fsp3) is 0.400. The highest BCUT2D eigenvalue weighted by Crippen LogP contribution is 2.40. The molecule has 2 saturated heterocycles. The first kappa shape index (κ1) is 26.8. The van der Waals surface area contributed by atoms with Crippen LogP contribution in [-0.4, -0.2) is 95.7 Å². The number of nitrogens with zero attached hydrogens (tertiary/aromatic N) is 5. The Bertz CT molecular complexity index is 1410. The number of anilines is 1. The van der Waals surface area contributed by atoms with E-state index in [0.717, 1.165) is 37.3 Å². The van der Waals surface area contributed by atoms with Crippen molar-refractivity contribution in [2.24, 2.45) is 0 Å². The second kappa shape index (κ2) is 11.6. The zero-order valence-electron chi connectivity index (χ0n) is 23.0. The first-order chi connectivity index (χ1) is 20.0. The number of fused-ring (bicyclic) bond motifs is 6. The number of nitrogens with one attached hydrogen (secondary N) is 1. The number of carbonyl (C=O) groups excluding carboxylic acids is 2. The van der Waals surface area contributed by atoms with Crippen LogP contribution in [0.15, 0.2) is 54.9 Å². The number of methoxy groups -OCH3 is 1. The smallest absolute Gasteiger partial charge is 0.236 e. The zero-order valence-corrected chi connectivity index (χ0v) is 23.0. The topological polar surface area (TPSA) is 120 Å². The maximum absolute atomic E-state index is 13.5. The van der Waals surface area contributed by atoms with E-state index >= 15 is 0 Å². The predicted molar refractivity (Wildman–Crippen MR) is 151 cm³/mol. The molecule has 0 aliphatic carbocycles. The van der Waals surface area contributed by atoms with E-state index in [-0.39, 0.29) is 35.9 Å². The van der Waals surface area contributed by atoms with Crippen molar-refractivity contribution in [2.75, 3.05) is 57.8 Å². The van der Waals surface area contributed by atoms with E-state index in [1.54, 1.807) is 43.8 Å². The number of piperazine rings is 1. The highest BCUT2D eigenvalue weighted by atomic mass is 16.5. The lowest BCUT2D eigenvalue weighted by Gasteiger charge is -2.34. The summed E-state index contributed by atoms with van der Waals surface area (Å²) in [6.07, 6.45) is 4.26. The van der Waals surface area contributed by atoms with Crippen LogP contribution in [0.4, 0.5) is 5.95 Å². The minimum Gasteiger partial charge on any atom is -0.504 e. The second-order valence-electron chi connectivity index (χ2n) is 10.7. The zero-order chi connectivity index (χ0) is 28.3. The molecule has 2 fully saturated rings. The van der Waals surface area contributed by atoms with E-state index in [1.807, 2.05) is 23.1 Å². The molecular formula is C30H34N6O5. The summed E-state index contributed by atoms with van der Waals surface area (Å²) in [7, 11) is 1.57. The minimum atomic E-state index is -0.239. The summed E-state index contributed by atoms with van der Waals surface area (Å²) in [6.45, 7) is 4.23. The predicted octanol–water partition coefficient (Wildman–Crippen LogP) is 2.16. The lowest BCUT2D eigenvalue weighted by Crippen LogP contribution is -2.50. The second-order valence-corrected chi connectivity index (χ2v) is 10.7. The van der Waals surface area contributed by atoms with E-state index in [4.69, 9.17) is 9.47 Å². The van der Waals surface area contributed by atoms with Gasteiger partial charge in [0.25, 0.3) is 0 Å². The van der Waals surface area contributed by atoms with Crippen LogP contribution >= 0.6 is 0 Å². The summed E-state index contributed by atoms with van der Waals surface area (Å²) in [5.74, 6) is 1.86. The quantitative estimate of drug-likeness (QED) is 0.496. The summed E-state index contributed by atoms with van der Waals surface area (Å²) >= 11 is 0. The molecule has 2 N–H and O–H groups in total. The van der Waals surface area contributed by atoms with Crippen molar-refractivity contribution < 1.29 is 24.2 Å². The van der Waals surface area contributed by atoms with Crippen LogP contribution in [0.1, 0.15) is 23.5 Å². The number of phenols is 1. The molecule has 3 aromatic rings. The molecule has 6 rings (SSSR count). The summed E-state index contributed by atoms with van der Waals surface area (Å²) in [5, 5.41) is 13.6. The fourth-order valence-corrected chi connectivity index (χ4v) is 5.80. The van der Waals surface area contributed by atoms with Gasteiger partial charge in [-0.2, -0.15) is 0 Å². The van der Waals surface area contributed by atoms with E-state index in [0.29, 0.717) is 49.3 Å². The highest BCUT2D eigenvalue weighted by Gasteiger charge is 2.38. The van der Waals surface area contributed by atoms with Gasteiger partial charge in [0, 0.05) is 64.0 Å². The summed E-state index contributed by atoms with van der Waals surface area (Å²) in [6, 6.07) is 12.3. The van der Waals surface area contributed by atoms with Gasteiger partial charge in [-0.15, -0.1) is 0 Å². The van der Waals surface area contributed by atoms with Gasteiger partial charge in [-0.05, 0) is 47.9 Å². The SMILES string of the molecule is COc1ccc2cc1Oc1cc(ccc1O)CCC(=O)N[C@@H]1CN(C(=O)CN3CCN(c4ncccn4)CC3)C[C@@H]21. The van der Waals surface area contributed by atoms with Crippen LogP contribution in [0.25, 0.3) is 0 Å². The average Bonchev–Trinajstić information content (AvgIpc) is 3.42. The molecule has 4 bridgehead atoms. The number of amides is 2. The normalized spacial score (nSPS) is 21.0. The Morgan fingerprint density at radius 3 is 2.63 bits per heavy atom. The molecule has 3 aliphatic heterocycles. The maximum atomic E-state index is 13.5. The molecule has 4 heterocycles. The van der Waals surface area contributed by atoms with Crippen LogP contribution in [0, 0.1) is 0 Å². The molecule has 0 unspecified atom stereocenters. The van der Waals surface area contributed by atoms with Gasteiger partial charge in [0.05, 0.1) is 19.7 Å². The first-order valence-electron chi connectivity index (χ1n) is 14.0. The largest absolute Gasteiger partial charge is 0.504 e. The molecule has 1 aromatic heterocycles. The van der Waals surface area contributed by atoms with Crippen LogP contribution in [0.3, 0.4) is 0 Å². The van der Waals surface area contributed by atoms with Gasteiger partial charge in [0.1, 0.15) is 0 Å². The number of ether oxygens (including phenoxy) is 2. The van der Waals surface area contributed by atoms with Crippen molar-refractivity contribution in [1.29, 1.82) is 0 Å². The summed E-state index contributed by atoms with van der Waals surface area (Å²) < 4.78 is 11.7. The van der Waals surface area contributed by atoms with Gasteiger partial charge in [-0.3, -0.25) is 14.5 Å². The Morgan fingerprint density at radius 1 is 1.05 bits per heavy atom. The monoisotopic (exact) mass is 558 g/mol. The van der Waals surface area contributed by atoms with Gasteiger partial charge in [0.2, 0.25) is 17.8 Å². The van der Waals surface area contributed by atoms with Crippen molar-refractivity contribution in [3.8, 4) is 23.0 Å². The minimum absolute atomic E-state index is 0.00757. The molecule has 0 spiro atoms. The van der Waals surface area contributed by atoms with Gasteiger partial charge in [-0.25, -0.2) is 9.97 Å². The molecule has 2 atom stereocenters. The standard InChI is InChI=1S/C30H34N6O5/c1-40-25-7-5-21-16-27(25)41-26-15-20(3-6-24(26)37)4-8-28(38)33-23-18-36(17-22(21)23)29(39)19-34-11-13-35(14-12-34)30-31-9-2-10-32-30/h2-3,5-7,9-10,15-16,22-23,37H,4,8,11-14,17-19H2,1H3,(H,33,38)/t22-,23+/m0/s1. The molecular weight excluding hydrogens is 524 g/mol. The summed E-state index contributed by atoms with van der Waals surface area (Å²) in [5.41, 5.74) is 1.80. The van der Waals surface area contributed by atoms with Crippen molar-refractivity contribution in [3.63, 3.8) is 0 Å². The summed E-state index contributed by atoms with van der Waals surface area (Å²) in [4.78, 5) is 41.3. The van der Waals surface area contributed by atoms with Gasteiger partial charge in [0.15, 0.2) is 23.0 Å². The van der Waals surface area contributed by atoms with Gasteiger partial charge in [-0.1, -0.05) is 12.1 Å². The number of rotatable bonds is 4. The lowest BCUT2D eigenvalue weighted by atomic mass is 9.93. The van der Waals surface area contributed by atoms with E-state index in [9.17, 15) is 14.7 Å². The Labute approximate surface area is 238 Å². The molecule has 0 radical (unpaired) electrons. The van der Waals surface area contributed by atoms with E-state index < -0.39 is 0 Å². The number of carbonyl (C=O) groups is 2. The van der Waals surface area contributed by atoms with Crippen LogP contribution in [0.5, 0.6) is 23.0 Å². The third kappa shape index (κ3) is 5.90. The van der Waals surface area contributed by atoms with Crippen LogP contribution < -0.4 is 19.7 Å². The molecule has 41 heavy (non-hydrogen) atoms. The molecule has 0 saturated carbocycles. The Morgan fingerprint density at radius 2 is 1.85 bits per heavy atom. The molecule has 11 nitrogen and oxygen atoms in total. The van der Waals surface area contributed by atoms with Gasteiger partial charge >= 0.3 is 0 Å². The van der Waals surface area contributed by atoms with E-state index in [1.165, 1.54) is 0 Å². The molecule has 3 aliphatic rings. The van der Waals surface area contributed by atoms with Crippen LogP contribution in [0.2, 0.25) is 0 Å². The van der Waals surface area contributed by atoms with Gasteiger partial charge < -0.3 is 29.7 Å². The number of aryl methyl sites for hydroxylation is 1. The number of phenolic OH excluding ortho intramolecular Hbond substituents is 1. The number of hydrogen-bond acceptors (Lipinski definition) is 9. The van der Waals surface area contributed by atoms with E-state index in [2.05, 4.69) is 25.1 Å². The fourth-order valence-electron chi connectivity index (χ4n) is 5.80. The molecule has 2 amide bonds. The number of likely N-dealkylation sites (tertiary alicyclic amines) is 1. The Kier molecular flexibility index (Phi) is 7.60. The van der Waals surface area contributed by atoms with Crippen LogP contribution in [-0.2, 0) is 16.0 Å². The van der Waals surface area contributed by atoms with Crippen molar-refractivity contribution in [2.45, 2.75) is 24.8 Å². The van der Waals surface area contributed by atoms with Crippen molar-refractivity contribution >= 4 is 17.8 Å². The first-order valence-corrected chi connectivity index (χ1v) is 14.0. The number of benzene rings is 2. The number of hydrogen-bond donors (Lipinski definition) is 2. The van der Waals surface area contributed by atoms with Crippen molar-refractivity contribution in [3.05, 3.63) is 66.0 Å². The molecule has 2 aromatic carbocycles. The van der Waals surface area contributed by atoms with Crippen molar-refractivity contribution in [1.82, 2.24) is 25.1 Å². The number of aromatic nitrogens is 2. The maximum Gasteiger partial charge on any atom is 0.236 e. The Hall–Kier alpha value is -4.38. The Balaban J connectivity index is 1.19. The third-order valence-electron chi connectivity index (χ3n) is 8.09.